The maximum atomic E-state index is 12.1. The smallest absolute Gasteiger partial charge is 0.399 e. The summed E-state index contributed by atoms with van der Waals surface area (Å²) in [4.78, 5) is 0. The van der Waals surface area contributed by atoms with Crippen LogP contribution in [-0.2, 0) is 0 Å². The van der Waals surface area contributed by atoms with E-state index in [4.69, 9.17) is 5.73 Å². The molecule has 0 fully saturated rings. The third-order valence-corrected chi connectivity index (χ3v) is 2.41. The Balaban J connectivity index is 2.20. The van der Waals surface area contributed by atoms with Crippen LogP contribution in [0.2, 0.25) is 0 Å². The maximum Gasteiger partial charge on any atom is 0.482 e. The Bertz CT molecular complexity index is 515. The van der Waals surface area contributed by atoms with Gasteiger partial charge in [0.1, 0.15) is 0 Å². The average molecular weight is 252 g/mol. The van der Waals surface area contributed by atoms with Crippen LogP contribution >= 0.6 is 0 Å². The number of rotatable bonds is 2. The minimum atomic E-state index is -4.41. The normalized spacial score (nSPS) is 11.3. The van der Waals surface area contributed by atoms with Gasteiger partial charge in [0.25, 0.3) is 0 Å². The summed E-state index contributed by atoms with van der Waals surface area (Å²) in [5, 5.41) is 1.45. The summed E-state index contributed by atoms with van der Waals surface area (Å²) in [5.74, 6) is 0. The Kier molecular flexibility index (Phi) is 3.14. The molecule has 0 heterocycles. The second-order valence-corrected chi connectivity index (χ2v) is 3.82. The first kappa shape index (κ1) is 12.3. The second kappa shape index (κ2) is 4.60. The fraction of sp³-hybridized carbons (Fsp3) is 0.0769. The highest BCUT2D eigenvalue weighted by molar-refractivity contribution is 5.67. The van der Waals surface area contributed by atoms with Gasteiger partial charge in [-0.1, -0.05) is 24.3 Å². The van der Waals surface area contributed by atoms with Gasteiger partial charge >= 0.3 is 6.30 Å². The lowest BCUT2D eigenvalue weighted by molar-refractivity contribution is -0.0999. The van der Waals surface area contributed by atoms with Gasteiger partial charge in [-0.3, -0.25) is 5.32 Å². The van der Waals surface area contributed by atoms with Crippen molar-refractivity contribution in [3.63, 3.8) is 0 Å². The van der Waals surface area contributed by atoms with Gasteiger partial charge < -0.3 is 5.73 Å². The van der Waals surface area contributed by atoms with E-state index in [0.717, 1.165) is 11.1 Å². The second-order valence-electron chi connectivity index (χ2n) is 3.82. The van der Waals surface area contributed by atoms with Gasteiger partial charge in [0.05, 0.1) is 0 Å². The molecular weight excluding hydrogens is 241 g/mol. The third kappa shape index (κ3) is 3.16. The molecule has 0 spiro atoms. The van der Waals surface area contributed by atoms with Crippen LogP contribution in [0.15, 0.2) is 48.5 Å². The quantitative estimate of drug-likeness (QED) is 0.629. The number of nitrogen functional groups attached to an aromatic ring is 1. The van der Waals surface area contributed by atoms with E-state index < -0.39 is 6.30 Å². The van der Waals surface area contributed by atoms with Crippen molar-refractivity contribution in [2.75, 3.05) is 11.1 Å². The molecule has 0 amide bonds. The SMILES string of the molecule is Nc1ccc(-c2ccc(NC(F)(F)F)cc2)cc1. The molecule has 94 valence electrons. The molecule has 0 aliphatic carbocycles. The van der Waals surface area contributed by atoms with Crippen LogP contribution in [0.5, 0.6) is 0 Å². The lowest BCUT2D eigenvalue weighted by Gasteiger charge is -2.10. The highest BCUT2D eigenvalue weighted by atomic mass is 19.4. The molecule has 5 heteroatoms. The Morgan fingerprint density at radius 2 is 1.22 bits per heavy atom. The third-order valence-electron chi connectivity index (χ3n) is 2.41. The summed E-state index contributed by atoms with van der Waals surface area (Å²) < 4.78 is 36.3. The summed E-state index contributed by atoms with van der Waals surface area (Å²) in [6, 6.07) is 13.2. The summed E-state index contributed by atoms with van der Waals surface area (Å²) >= 11 is 0. The van der Waals surface area contributed by atoms with Crippen molar-refractivity contribution >= 4 is 11.4 Å². The van der Waals surface area contributed by atoms with E-state index in [2.05, 4.69) is 0 Å². The van der Waals surface area contributed by atoms with Crippen LogP contribution in [0, 0.1) is 0 Å². The van der Waals surface area contributed by atoms with Gasteiger partial charge in [-0.05, 0) is 35.4 Å². The van der Waals surface area contributed by atoms with Crippen molar-refractivity contribution < 1.29 is 13.2 Å². The number of alkyl halides is 3. The predicted molar refractivity (Wildman–Crippen MR) is 66.0 cm³/mol. The van der Waals surface area contributed by atoms with Crippen molar-refractivity contribution in [1.29, 1.82) is 0 Å². The van der Waals surface area contributed by atoms with Crippen LogP contribution in [0.25, 0.3) is 11.1 Å². The zero-order valence-electron chi connectivity index (χ0n) is 9.33. The molecule has 2 nitrogen and oxygen atoms in total. The van der Waals surface area contributed by atoms with E-state index >= 15 is 0 Å². The number of hydrogen-bond acceptors (Lipinski definition) is 2. The highest BCUT2D eigenvalue weighted by Crippen LogP contribution is 2.25. The van der Waals surface area contributed by atoms with Gasteiger partial charge in [0.2, 0.25) is 0 Å². The molecular formula is C13H11F3N2. The largest absolute Gasteiger partial charge is 0.482 e. The molecule has 0 aliphatic heterocycles. The van der Waals surface area contributed by atoms with Gasteiger partial charge in [-0.25, -0.2) is 0 Å². The van der Waals surface area contributed by atoms with Crippen LogP contribution in [0.4, 0.5) is 24.5 Å². The first-order valence-electron chi connectivity index (χ1n) is 5.25. The van der Waals surface area contributed by atoms with E-state index in [1.807, 2.05) is 12.1 Å². The van der Waals surface area contributed by atoms with E-state index in [1.54, 1.807) is 24.3 Å². The molecule has 0 bridgehead atoms. The first-order valence-corrected chi connectivity index (χ1v) is 5.25. The lowest BCUT2D eigenvalue weighted by atomic mass is 10.1. The summed E-state index contributed by atoms with van der Waals surface area (Å²) in [6.07, 6.45) is -4.41. The Labute approximate surface area is 102 Å². The minimum Gasteiger partial charge on any atom is -0.399 e. The topological polar surface area (TPSA) is 38.0 Å². The summed E-state index contributed by atoms with van der Waals surface area (Å²) in [5.41, 5.74) is 7.97. The minimum absolute atomic E-state index is 0.0155. The number of nitrogens with one attached hydrogen (secondary N) is 1. The molecule has 2 aromatic rings. The van der Waals surface area contributed by atoms with Crippen molar-refractivity contribution in [3.8, 4) is 11.1 Å². The fourth-order valence-electron chi connectivity index (χ4n) is 1.59. The maximum absolute atomic E-state index is 12.1. The molecule has 0 aromatic heterocycles. The monoisotopic (exact) mass is 252 g/mol. The van der Waals surface area contributed by atoms with Crippen LogP contribution in [-0.4, -0.2) is 6.30 Å². The highest BCUT2D eigenvalue weighted by Gasteiger charge is 2.26. The Morgan fingerprint density at radius 3 is 1.67 bits per heavy atom. The summed E-state index contributed by atoms with van der Waals surface area (Å²) in [7, 11) is 0. The molecule has 2 rings (SSSR count). The molecule has 0 radical (unpaired) electrons. The standard InChI is InChI=1S/C13H11F3N2/c14-13(15,16)18-12-7-3-10(4-8-12)9-1-5-11(17)6-2-9/h1-8,18H,17H2. The van der Waals surface area contributed by atoms with Crippen LogP contribution < -0.4 is 11.1 Å². The molecule has 0 saturated carbocycles. The molecule has 0 atom stereocenters. The van der Waals surface area contributed by atoms with Crippen molar-refractivity contribution in [3.05, 3.63) is 48.5 Å². The Morgan fingerprint density at radius 1 is 0.778 bits per heavy atom. The lowest BCUT2D eigenvalue weighted by Crippen LogP contribution is -2.20. The molecule has 2 aromatic carbocycles. The number of anilines is 2. The molecule has 0 unspecified atom stereocenters. The van der Waals surface area contributed by atoms with E-state index in [-0.39, 0.29) is 5.69 Å². The van der Waals surface area contributed by atoms with Gasteiger partial charge in [0, 0.05) is 11.4 Å². The zero-order valence-corrected chi connectivity index (χ0v) is 9.33. The molecule has 18 heavy (non-hydrogen) atoms. The predicted octanol–water partition coefficient (Wildman–Crippen LogP) is 3.87. The van der Waals surface area contributed by atoms with Crippen molar-refractivity contribution in [1.82, 2.24) is 0 Å². The van der Waals surface area contributed by atoms with Crippen molar-refractivity contribution in [2.45, 2.75) is 6.30 Å². The zero-order chi connectivity index (χ0) is 13.2. The van der Waals surface area contributed by atoms with Gasteiger partial charge in [-0.15, -0.1) is 0 Å². The van der Waals surface area contributed by atoms with E-state index in [9.17, 15) is 13.2 Å². The average Bonchev–Trinajstić information content (AvgIpc) is 2.29. The van der Waals surface area contributed by atoms with Crippen LogP contribution in [0.3, 0.4) is 0 Å². The number of nitrogens with two attached hydrogens (primary N) is 1. The number of hydrogen-bond donors (Lipinski definition) is 2. The van der Waals surface area contributed by atoms with Gasteiger partial charge in [0.15, 0.2) is 0 Å². The molecule has 3 N–H and O–H groups in total. The van der Waals surface area contributed by atoms with Crippen LogP contribution in [0.1, 0.15) is 0 Å². The molecule has 0 aliphatic rings. The van der Waals surface area contributed by atoms with E-state index in [1.165, 1.54) is 17.4 Å². The van der Waals surface area contributed by atoms with Crippen molar-refractivity contribution in [2.24, 2.45) is 0 Å². The Hall–Kier alpha value is -2.17. The number of halogens is 3. The molecule has 0 saturated heterocycles. The number of benzene rings is 2. The summed E-state index contributed by atoms with van der Waals surface area (Å²) in [6.45, 7) is 0. The van der Waals surface area contributed by atoms with Gasteiger partial charge in [-0.2, -0.15) is 13.2 Å². The first-order chi connectivity index (χ1) is 8.44. The fourth-order valence-corrected chi connectivity index (χ4v) is 1.59. The van der Waals surface area contributed by atoms with E-state index in [0.29, 0.717) is 5.69 Å².